The Bertz CT molecular complexity index is 1100. The van der Waals surface area contributed by atoms with Gasteiger partial charge in [-0.25, -0.2) is 4.39 Å². The van der Waals surface area contributed by atoms with Gasteiger partial charge in [-0.3, -0.25) is 0 Å². The van der Waals surface area contributed by atoms with Crippen molar-refractivity contribution >= 4 is 16.5 Å². The van der Waals surface area contributed by atoms with Gasteiger partial charge in [0, 0.05) is 23.2 Å². The summed E-state index contributed by atoms with van der Waals surface area (Å²) in [6.07, 6.45) is 0. The fourth-order valence-corrected chi connectivity index (χ4v) is 3.33. The fourth-order valence-electron chi connectivity index (χ4n) is 3.33. The van der Waals surface area contributed by atoms with Gasteiger partial charge in [-0.05, 0) is 35.2 Å². The number of hydrogen-bond acceptors (Lipinski definition) is 3. The lowest BCUT2D eigenvalue weighted by atomic mass is 10.1. The number of hydrogen-bond donors (Lipinski definition) is 1. The van der Waals surface area contributed by atoms with E-state index in [2.05, 4.69) is 29.6 Å². The first kappa shape index (κ1) is 18.8. The first-order valence-electron chi connectivity index (χ1n) is 9.49. The maximum absolute atomic E-state index is 13.1. The van der Waals surface area contributed by atoms with Crippen LogP contribution < -0.4 is 14.8 Å². The van der Waals surface area contributed by atoms with Gasteiger partial charge in [0.2, 0.25) is 0 Å². The minimum Gasteiger partial charge on any atom is -0.493 e. The number of rotatable bonds is 7. The lowest BCUT2D eigenvalue weighted by molar-refractivity contribution is 0.281. The molecule has 3 nitrogen and oxygen atoms in total. The van der Waals surface area contributed by atoms with E-state index < -0.39 is 0 Å². The predicted molar refractivity (Wildman–Crippen MR) is 115 cm³/mol. The smallest absolute Gasteiger partial charge is 0.166 e. The van der Waals surface area contributed by atoms with E-state index in [1.54, 1.807) is 19.2 Å². The molecule has 4 aromatic carbocycles. The summed E-state index contributed by atoms with van der Waals surface area (Å²) in [6, 6.07) is 26.6. The highest BCUT2D eigenvalue weighted by Crippen LogP contribution is 2.33. The quantitative estimate of drug-likeness (QED) is 0.411. The summed E-state index contributed by atoms with van der Waals surface area (Å²) < 4.78 is 24.7. The molecule has 4 heteroatoms. The standard InChI is InChI=1S/C25H22FNO2/c1-28-24-11-5-8-20(25(24)29-17-18-12-14-21(26)15-13-18)16-27-23-10-4-7-19-6-2-3-9-22(19)23/h2-15,27H,16-17H2,1H3. The molecule has 4 rings (SSSR count). The Morgan fingerprint density at radius 1 is 0.828 bits per heavy atom. The maximum Gasteiger partial charge on any atom is 0.166 e. The molecular formula is C25H22FNO2. The summed E-state index contributed by atoms with van der Waals surface area (Å²) >= 11 is 0. The van der Waals surface area contributed by atoms with Crippen LogP contribution in [0.4, 0.5) is 10.1 Å². The number of halogens is 1. The normalized spacial score (nSPS) is 10.7. The van der Waals surface area contributed by atoms with E-state index in [0.717, 1.165) is 16.8 Å². The minimum atomic E-state index is -0.258. The van der Waals surface area contributed by atoms with Crippen LogP contribution in [0.1, 0.15) is 11.1 Å². The van der Waals surface area contributed by atoms with E-state index in [0.29, 0.717) is 24.7 Å². The van der Waals surface area contributed by atoms with Crippen LogP contribution in [-0.2, 0) is 13.2 Å². The third-order valence-corrected chi connectivity index (χ3v) is 4.84. The number of nitrogens with one attached hydrogen (secondary N) is 1. The number of anilines is 1. The topological polar surface area (TPSA) is 30.5 Å². The molecule has 0 aromatic heterocycles. The summed E-state index contributed by atoms with van der Waals surface area (Å²) in [7, 11) is 1.63. The molecule has 0 atom stereocenters. The molecular weight excluding hydrogens is 365 g/mol. The molecule has 29 heavy (non-hydrogen) atoms. The Morgan fingerprint density at radius 3 is 2.41 bits per heavy atom. The van der Waals surface area contributed by atoms with E-state index in [9.17, 15) is 4.39 Å². The minimum absolute atomic E-state index is 0.258. The summed E-state index contributed by atoms with van der Waals surface area (Å²) in [6.45, 7) is 0.922. The maximum atomic E-state index is 13.1. The van der Waals surface area contributed by atoms with Crippen molar-refractivity contribution in [3.63, 3.8) is 0 Å². The lowest BCUT2D eigenvalue weighted by Gasteiger charge is -2.17. The Balaban J connectivity index is 1.56. The molecule has 0 aliphatic carbocycles. The fraction of sp³-hybridized carbons (Fsp3) is 0.120. The van der Waals surface area contributed by atoms with E-state index in [1.165, 1.54) is 22.9 Å². The summed E-state index contributed by atoms with van der Waals surface area (Å²) in [4.78, 5) is 0. The zero-order valence-corrected chi connectivity index (χ0v) is 16.2. The molecule has 4 aromatic rings. The lowest BCUT2D eigenvalue weighted by Crippen LogP contribution is -2.05. The van der Waals surface area contributed by atoms with Crippen molar-refractivity contribution in [2.45, 2.75) is 13.2 Å². The van der Waals surface area contributed by atoms with Gasteiger partial charge in [0.05, 0.1) is 7.11 Å². The van der Waals surface area contributed by atoms with Crippen molar-refractivity contribution in [3.8, 4) is 11.5 Å². The van der Waals surface area contributed by atoms with E-state index in [-0.39, 0.29) is 5.82 Å². The molecule has 0 radical (unpaired) electrons. The first-order chi connectivity index (χ1) is 14.2. The molecule has 0 spiro atoms. The monoisotopic (exact) mass is 387 g/mol. The summed E-state index contributed by atoms with van der Waals surface area (Å²) in [5, 5.41) is 5.88. The van der Waals surface area contributed by atoms with Gasteiger partial charge in [-0.1, -0.05) is 60.7 Å². The van der Waals surface area contributed by atoms with E-state index in [1.807, 2.05) is 36.4 Å². The largest absolute Gasteiger partial charge is 0.493 e. The van der Waals surface area contributed by atoms with Crippen molar-refractivity contribution in [1.82, 2.24) is 0 Å². The average molecular weight is 387 g/mol. The Morgan fingerprint density at radius 2 is 1.59 bits per heavy atom. The van der Waals surface area contributed by atoms with Crippen LogP contribution in [0, 0.1) is 5.82 Å². The van der Waals surface area contributed by atoms with Crippen LogP contribution >= 0.6 is 0 Å². The highest BCUT2D eigenvalue weighted by molar-refractivity contribution is 5.93. The van der Waals surface area contributed by atoms with Crippen molar-refractivity contribution in [2.24, 2.45) is 0 Å². The van der Waals surface area contributed by atoms with Gasteiger partial charge in [0.1, 0.15) is 12.4 Å². The van der Waals surface area contributed by atoms with Gasteiger partial charge < -0.3 is 14.8 Å². The highest BCUT2D eigenvalue weighted by Gasteiger charge is 2.12. The molecule has 0 amide bonds. The molecule has 0 bridgehead atoms. The highest BCUT2D eigenvalue weighted by atomic mass is 19.1. The second-order valence-electron chi connectivity index (χ2n) is 6.74. The molecule has 0 saturated carbocycles. The summed E-state index contributed by atoms with van der Waals surface area (Å²) in [5.74, 6) is 1.10. The second kappa shape index (κ2) is 8.65. The van der Waals surface area contributed by atoms with Crippen molar-refractivity contribution in [1.29, 1.82) is 0 Å². The zero-order valence-electron chi connectivity index (χ0n) is 16.2. The summed E-state index contributed by atoms with van der Waals surface area (Å²) in [5.41, 5.74) is 2.94. The molecule has 0 fully saturated rings. The molecule has 0 unspecified atom stereocenters. The molecule has 0 saturated heterocycles. The Kier molecular flexibility index (Phi) is 5.61. The van der Waals surface area contributed by atoms with Gasteiger partial charge in [0.15, 0.2) is 11.5 Å². The molecule has 1 N–H and O–H groups in total. The Labute approximate surface area is 169 Å². The molecule has 146 valence electrons. The first-order valence-corrected chi connectivity index (χ1v) is 9.49. The number of benzene rings is 4. The van der Waals surface area contributed by atoms with Gasteiger partial charge >= 0.3 is 0 Å². The van der Waals surface area contributed by atoms with Crippen LogP contribution in [0.2, 0.25) is 0 Å². The van der Waals surface area contributed by atoms with Crippen LogP contribution in [0.15, 0.2) is 84.9 Å². The molecule has 0 aliphatic heterocycles. The van der Waals surface area contributed by atoms with Gasteiger partial charge in [-0.15, -0.1) is 0 Å². The van der Waals surface area contributed by atoms with Crippen LogP contribution in [0.25, 0.3) is 10.8 Å². The second-order valence-corrected chi connectivity index (χ2v) is 6.74. The number of methoxy groups -OCH3 is 1. The zero-order chi connectivity index (χ0) is 20.1. The van der Waals surface area contributed by atoms with E-state index in [4.69, 9.17) is 9.47 Å². The van der Waals surface area contributed by atoms with Gasteiger partial charge in [0.25, 0.3) is 0 Å². The number of fused-ring (bicyclic) bond motifs is 1. The number of para-hydroxylation sites is 1. The van der Waals surface area contributed by atoms with Crippen molar-refractivity contribution in [3.05, 3.63) is 102 Å². The molecule has 0 aliphatic rings. The van der Waals surface area contributed by atoms with Crippen LogP contribution in [0.5, 0.6) is 11.5 Å². The van der Waals surface area contributed by atoms with Crippen LogP contribution in [-0.4, -0.2) is 7.11 Å². The van der Waals surface area contributed by atoms with Crippen LogP contribution in [0.3, 0.4) is 0 Å². The SMILES string of the molecule is COc1cccc(CNc2cccc3ccccc23)c1OCc1ccc(F)cc1. The average Bonchev–Trinajstić information content (AvgIpc) is 2.77. The third kappa shape index (κ3) is 4.32. The van der Waals surface area contributed by atoms with Gasteiger partial charge in [-0.2, -0.15) is 0 Å². The Hall–Kier alpha value is -3.53. The molecule has 0 heterocycles. The third-order valence-electron chi connectivity index (χ3n) is 4.84. The van der Waals surface area contributed by atoms with E-state index >= 15 is 0 Å². The van der Waals surface area contributed by atoms with Crippen molar-refractivity contribution in [2.75, 3.05) is 12.4 Å². The van der Waals surface area contributed by atoms with Crippen molar-refractivity contribution < 1.29 is 13.9 Å². The predicted octanol–water partition coefficient (Wildman–Crippen LogP) is 6.18. The number of ether oxygens (including phenoxy) is 2.